The number of hydrogen-bond acceptors (Lipinski definition) is 9. The van der Waals surface area contributed by atoms with Crippen molar-refractivity contribution >= 4 is 54.9 Å². The Hall–Kier alpha value is -2.78. The predicted molar refractivity (Wildman–Crippen MR) is 114 cm³/mol. The molecule has 4 atom stereocenters. The van der Waals surface area contributed by atoms with E-state index >= 15 is 0 Å². The Labute approximate surface area is 187 Å². The number of nitrogens with one attached hydrogen (secondary N) is 4. The lowest BCUT2D eigenvalue weighted by Crippen LogP contribution is -2.58. The smallest absolute Gasteiger partial charge is 0.326 e. The van der Waals surface area contributed by atoms with E-state index in [1.165, 1.54) is 12.5 Å². The third-order valence-electron chi connectivity index (χ3n) is 3.96. The molecular formula is C16H24N6O7S2. The minimum Gasteiger partial charge on any atom is -0.481 e. The van der Waals surface area contributed by atoms with Crippen molar-refractivity contribution in [2.45, 2.75) is 37.0 Å². The number of aromatic amines is 1. The molecule has 1 rings (SSSR count). The Morgan fingerprint density at radius 3 is 1.90 bits per heavy atom. The standard InChI is InChI=1S/C16H24N6O7S2/c17-8(2-12(23)24)13(25)21-10(4-30)15(27)22-11(5-31)14(26)20-9(16(28)29)1-7-3-18-6-19-7/h3,6,8-11,30-31H,1-2,4-5,17H2,(H,18,19)(H,20,26)(H,21,25)(H,22,27)(H,23,24)(H,28,29). The average Bonchev–Trinajstić information content (AvgIpc) is 3.21. The van der Waals surface area contributed by atoms with Crippen LogP contribution in [-0.2, 0) is 30.4 Å². The number of amides is 3. The SMILES string of the molecule is NC(CC(=O)O)C(=O)NC(CS)C(=O)NC(CS)C(=O)NC(Cc1cnc[nH]1)C(=O)O. The zero-order valence-electron chi connectivity index (χ0n) is 16.1. The molecule has 0 saturated carbocycles. The van der Waals surface area contributed by atoms with Crippen molar-refractivity contribution < 1.29 is 34.2 Å². The fraction of sp³-hybridized carbons (Fsp3) is 0.500. The average molecular weight is 477 g/mol. The summed E-state index contributed by atoms with van der Waals surface area (Å²) in [4.78, 5) is 65.4. The lowest BCUT2D eigenvalue weighted by Gasteiger charge is -2.23. The molecule has 0 aliphatic heterocycles. The van der Waals surface area contributed by atoms with Gasteiger partial charge >= 0.3 is 11.9 Å². The number of H-pyrrole nitrogens is 1. The molecule has 13 nitrogen and oxygen atoms in total. The normalized spacial score (nSPS) is 14.5. The van der Waals surface area contributed by atoms with Gasteiger partial charge in [-0.1, -0.05) is 0 Å². The van der Waals surface area contributed by atoms with E-state index in [0.29, 0.717) is 5.69 Å². The second kappa shape index (κ2) is 12.8. The first kappa shape index (κ1) is 26.3. The number of rotatable bonds is 13. The molecule has 0 aliphatic carbocycles. The molecular weight excluding hydrogens is 452 g/mol. The first-order valence-electron chi connectivity index (χ1n) is 8.89. The van der Waals surface area contributed by atoms with Gasteiger partial charge < -0.3 is 36.9 Å². The van der Waals surface area contributed by atoms with Crippen molar-refractivity contribution in [3.63, 3.8) is 0 Å². The van der Waals surface area contributed by atoms with Crippen LogP contribution in [0.15, 0.2) is 12.5 Å². The highest BCUT2D eigenvalue weighted by Gasteiger charge is 2.29. The van der Waals surface area contributed by atoms with Crippen molar-refractivity contribution in [2.75, 3.05) is 11.5 Å². The molecule has 0 radical (unpaired) electrons. The fourth-order valence-corrected chi connectivity index (χ4v) is 2.82. The molecule has 0 saturated heterocycles. The van der Waals surface area contributed by atoms with Crippen LogP contribution >= 0.6 is 25.3 Å². The van der Waals surface area contributed by atoms with Gasteiger partial charge in [0.1, 0.15) is 18.1 Å². The van der Waals surface area contributed by atoms with Crippen molar-refractivity contribution in [2.24, 2.45) is 5.73 Å². The first-order chi connectivity index (χ1) is 14.6. The van der Waals surface area contributed by atoms with Crippen LogP contribution in [0.4, 0.5) is 0 Å². The summed E-state index contributed by atoms with van der Waals surface area (Å²) in [6.45, 7) is 0. The van der Waals surface area contributed by atoms with Crippen molar-refractivity contribution in [1.82, 2.24) is 25.9 Å². The zero-order valence-corrected chi connectivity index (χ0v) is 17.9. The highest BCUT2D eigenvalue weighted by atomic mass is 32.1. The van der Waals surface area contributed by atoms with Gasteiger partial charge in [-0.25, -0.2) is 9.78 Å². The maximum absolute atomic E-state index is 12.5. The first-order valence-corrected chi connectivity index (χ1v) is 10.2. The molecule has 15 heteroatoms. The Morgan fingerprint density at radius 2 is 1.48 bits per heavy atom. The third-order valence-corrected chi connectivity index (χ3v) is 4.69. The lowest BCUT2D eigenvalue weighted by molar-refractivity contribution is -0.142. The number of carboxylic acids is 2. The van der Waals surface area contributed by atoms with Crippen LogP contribution in [0.5, 0.6) is 0 Å². The second-order valence-corrected chi connectivity index (χ2v) is 7.10. The number of carbonyl (C=O) groups excluding carboxylic acids is 3. The van der Waals surface area contributed by atoms with Gasteiger partial charge in [0.05, 0.1) is 18.8 Å². The van der Waals surface area contributed by atoms with E-state index in [4.69, 9.17) is 10.8 Å². The van der Waals surface area contributed by atoms with E-state index in [1.54, 1.807) is 0 Å². The highest BCUT2D eigenvalue weighted by Crippen LogP contribution is 2.01. The summed E-state index contributed by atoms with van der Waals surface area (Å²) >= 11 is 7.96. The van der Waals surface area contributed by atoms with Crippen LogP contribution < -0.4 is 21.7 Å². The number of aliphatic carboxylic acids is 2. The van der Waals surface area contributed by atoms with Crippen LogP contribution in [0.2, 0.25) is 0 Å². The summed E-state index contributed by atoms with van der Waals surface area (Å²) < 4.78 is 0. The van der Waals surface area contributed by atoms with Crippen LogP contribution in [-0.4, -0.2) is 85.5 Å². The van der Waals surface area contributed by atoms with Gasteiger partial charge in [-0.15, -0.1) is 0 Å². The summed E-state index contributed by atoms with van der Waals surface area (Å²) in [6.07, 6.45) is 2.07. The minimum absolute atomic E-state index is 0.0644. The van der Waals surface area contributed by atoms with Gasteiger partial charge in [0.2, 0.25) is 17.7 Å². The number of nitrogens with zero attached hydrogens (tertiary/aromatic N) is 1. The topological polar surface area (TPSA) is 217 Å². The summed E-state index contributed by atoms with van der Waals surface area (Å²) in [5.41, 5.74) is 5.93. The summed E-state index contributed by atoms with van der Waals surface area (Å²) in [7, 11) is 0. The van der Waals surface area contributed by atoms with Crippen LogP contribution in [0.1, 0.15) is 12.1 Å². The summed E-state index contributed by atoms with van der Waals surface area (Å²) in [5.74, 6) is -5.41. The Morgan fingerprint density at radius 1 is 0.968 bits per heavy atom. The molecule has 0 aliphatic rings. The lowest BCUT2D eigenvalue weighted by atomic mass is 10.1. The van der Waals surface area contributed by atoms with E-state index in [9.17, 15) is 29.1 Å². The molecule has 1 heterocycles. The van der Waals surface area contributed by atoms with E-state index in [2.05, 4.69) is 51.2 Å². The Bertz CT molecular complexity index is 791. The van der Waals surface area contributed by atoms with Crippen LogP contribution in [0, 0.1) is 0 Å². The number of thiol groups is 2. The summed E-state index contributed by atoms with van der Waals surface area (Å²) in [6, 6.07) is -5.10. The Balaban J connectivity index is 2.73. The molecule has 172 valence electrons. The van der Waals surface area contributed by atoms with Crippen LogP contribution in [0.25, 0.3) is 0 Å². The Kier molecular flexibility index (Phi) is 10.8. The van der Waals surface area contributed by atoms with E-state index in [0.717, 1.165) is 0 Å². The van der Waals surface area contributed by atoms with Gasteiger partial charge in [-0.3, -0.25) is 19.2 Å². The number of carboxylic acid groups (broad SMARTS) is 2. The maximum atomic E-state index is 12.5. The number of imidazole rings is 1. The minimum atomic E-state index is -1.38. The number of carbonyl (C=O) groups is 5. The quantitative estimate of drug-likeness (QED) is 0.134. The molecule has 0 bridgehead atoms. The third kappa shape index (κ3) is 8.85. The highest BCUT2D eigenvalue weighted by molar-refractivity contribution is 7.80. The number of aromatic nitrogens is 2. The fourth-order valence-electron chi connectivity index (χ4n) is 2.31. The van der Waals surface area contributed by atoms with Gasteiger partial charge in [-0.05, 0) is 0 Å². The van der Waals surface area contributed by atoms with Gasteiger partial charge in [0.25, 0.3) is 0 Å². The van der Waals surface area contributed by atoms with Crippen molar-refractivity contribution in [1.29, 1.82) is 0 Å². The molecule has 3 amide bonds. The van der Waals surface area contributed by atoms with Gasteiger partial charge in [-0.2, -0.15) is 25.3 Å². The molecule has 1 aromatic heterocycles. The monoisotopic (exact) mass is 476 g/mol. The van der Waals surface area contributed by atoms with E-state index in [-0.39, 0.29) is 17.9 Å². The molecule has 31 heavy (non-hydrogen) atoms. The van der Waals surface area contributed by atoms with Gasteiger partial charge in [0, 0.05) is 29.8 Å². The molecule has 8 N–H and O–H groups in total. The maximum Gasteiger partial charge on any atom is 0.326 e. The molecule has 0 fully saturated rings. The van der Waals surface area contributed by atoms with Crippen molar-refractivity contribution in [3.8, 4) is 0 Å². The molecule has 0 spiro atoms. The van der Waals surface area contributed by atoms with E-state index in [1.807, 2.05) is 0 Å². The second-order valence-electron chi connectivity index (χ2n) is 6.37. The molecule has 0 aromatic carbocycles. The molecule has 4 unspecified atom stereocenters. The molecule has 1 aromatic rings. The zero-order chi connectivity index (χ0) is 23.6. The summed E-state index contributed by atoms with van der Waals surface area (Å²) in [5, 5.41) is 24.9. The largest absolute Gasteiger partial charge is 0.481 e. The van der Waals surface area contributed by atoms with Gasteiger partial charge in [0.15, 0.2) is 0 Å². The van der Waals surface area contributed by atoms with E-state index < -0.39 is 60.2 Å². The number of nitrogens with two attached hydrogens (primary N) is 1. The number of hydrogen-bond donors (Lipinski definition) is 9. The van der Waals surface area contributed by atoms with Crippen LogP contribution in [0.3, 0.4) is 0 Å². The van der Waals surface area contributed by atoms with Crippen molar-refractivity contribution in [3.05, 3.63) is 18.2 Å². The predicted octanol–water partition coefficient (Wildman–Crippen LogP) is -2.85.